The van der Waals surface area contributed by atoms with Crippen molar-refractivity contribution in [2.24, 2.45) is 4.99 Å². The highest BCUT2D eigenvalue weighted by atomic mass is 35.5. The Morgan fingerprint density at radius 3 is 2.57 bits per heavy atom. The van der Waals surface area contributed by atoms with E-state index in [9.17, 15) is 5.11 Å². The van der Waals surface area contributed by atoms with E-state index < -0.39 is 0 Å². The van der Waals surface area contributed by atoms with Gasteiger partial charge < -0.3 is 10.1 Å². The van der Waals surface area contributed by atoms with Crippen molar-refractivity contribution < 1.29 is 5.11 Å². The summed E-state index contributed by atoms with van der Waals surface area (Å²) in [5.41, 5.74) is 2.42. The number of rotatable bonds is 4. The summed E-state index contributed by atoms with van der Waals surface area (Å²) in [6.45, 7) is 0.557. The van der Waals surface area contributed by atoms with Crippen molar-refractivity contribution in [1.82, 2.24) is 4.98 Å². The predicted octanol–water partition coefficient (Wildman–Crippen LogP) is 5.50. The van der Waals surface area contributed by atoms with Crippen molar-refractivity contribution in [3.8, 4) is 5.88 Å². The Morgan fingerprint density at radius 1 is 1.04 bits per heavy atom. The maximum atomic E-state index is 9.99. The number of aromatic hydroxyl groups is 1. The van der Waals surface area contributed by atoms with Crippen LogP contribution in [0.15, 0.2) is 41.4 Å². The molecule has 0 aliphatic carbocycles. The Labute approximate surface area is 148 Å². The fraction of sp³-hybridized carbons (Fsp3) is 0.118. The van der Waals surface area contributed by atoms with Crippen LogP contribution < -0.4 is 0 Å². The molecule has 3 aromatic rings. The first-order chi connectivity index (χ1) is 11.0. The van der Waals surface area contributed by atoms with Crippen molar-refractivity contribution in [1.29, 1.82) is 0 Å². The van der Waals surface area contributed by atoms with Gasteiger partial charge in [0.1, 0.15) is 0 Å². The molecule has 2 N–H and O–H groups in total. The zero-order chi connectivity index (χ0) is 16.4. The van der Waals surface area contributed by atoms with Gasteiger partial charge >= 0.3 is 0 Å². The van der Waals surface area contributed by atoms with E-state index in [0.29, 0.717) is 33.6 Å². The van der Waals surface area contributed by atoms with Gasteiger partial charge in [-0.1, -0.05) is 46.9 Å². The van der Waals surface area contributed by atoms with E-state index in [2.05, 4.69) is 9.98 Å². The molecule has 3 nitrogen and oxygen atoms in total. The molecule has 6 heteroatoms. The van der Waals surface area contributed by atoms with Crippen LogP contribution in [0.1, 0.15) is 11.1 Å². The molecule has 2 aromatic carbocycles. The number of aliphatic imine (C=N–C) groups is 1. The lowest BCUT2D eigenvalue weighted by molar-refractivity contribution is 0.457. The largest absolute Gasteiger partial charge is 0.494 e. The van der Waals surface area contributed by atoms with Gasteiger partial charge in [-0.15, -0.1) is 0 Å². The van der Waals surface area contributed by atoms with Crippen LogP contribution in [0.3, 0.4) is 0 Å². The first kappa shape index (κ1) is 16.2. The molecule has 23 heavy (non-hydrogen) atoms. The van der Waals surface area contributed by atoms with E-state index in [1.165, 1.54) is 0 Å². The Hall–Kier alpha value is -1.68. The number of H-pyrrole nitrogens is 1. The van der Waals surface area contributed by atoms with E-state index in [0.717, 1.165) is 16.5 Å². The smallest absolute Gasteiger partial charge is 0.198 e. The standard InChI is InChI=1S/C17H13Cl3N2O/c18-11-2-1-10(15(20)7-11)5-6-21-9-14-13-4-3-12(19)8-16(13)22-17(14)23/h1-4,7-9,22-23H,5-6H2. The number of fused-ring (bicyclic) bond motifs is 1. The lowest BCUT2D eigenvalue weighted by Crippen LogP contribution is -1.92. The minimum absolute atomic E-state index is 0.0792. The number of benzene rings is 2. The Balaban J connectivity index is 1.74. The van der Waals surface area contributed by atoms with Crippen molar-refractivity contribution in [3.05, 3.63) is 62.6 Å². The third-order valence-electron chi connectivity index (χ3n) is 3.53. The maximum Gasteiger partial charge on any atom is 0.198 e. The van der Waals surface area contributed by atoms with Gasteiger partial charge in [-0.05, 0) is 36.2 Å². The first-order valence-electron chi connectivity index (χ1n) is 6.98. The van der Waals surface area contributed by atoms with Gasteiger partial charge in [-0.3, -0.25) is 4.99 Å². The average Bonchev–Trinajstić information content (AvgIpc) is 2.80. The summed E-state index contributed by atoms with van der Waals surface area (Å²) in [6, 6.07) is 10.8. The fourth-order valence-corrected chi connectivity index (χ4v) is 3.05. The van der Waals surface area contributed by atoms with Gasteiger partial charge in [-0.2, -0.15) is 0 Å². The van der Waals surface area contributed by atoms with Crippen molar-refractivity contribution >= 4 is 51.9 Å². The second kappa shape index (κ2) is 6.83. The molecular weight excluding hydrogens is 355 g/mol. The summed E-state index contributed by atoms with van der Waals surface area (Å²) in [4.78, 5) is 7.26. The molecule has 0 unspecified atom stereocenters. The molecule has 0 radical (unpaired) electrons. The van der Waals surface area contributed by atoms with Crippen LogP contribution in [0, 0.1) is 0 Å². The molecule has 0 saturated heterocycles. The zero-order valence-electron chi connectivity index (χ0n) is 12.0. The van der Waals surface area contributed by atoms with Crippen molar-refractivity contribution in [2.45, 2.75) is 6.42 Å². The fourth-order valence-electron chi connectivity index (χ4n) is 2.37. The summed E-state index contributed by atoms with van der Waals surface area (Å²) in [5.74, 6) is 0.0792. The van der Waals surface area contributed by atoms with E-state index in [1.807, 2.05) is 18.2 Å². The topological polar surface area (TPSA) is 48.4 Å². The number of hydrogen-bond acceptors (Lipinski definition) is 2. The maximum absolute atomic E-state index is 9.99. The Bertz CT molecular complexity index is 887. The molecule has 0 saturated carbocycles. The van der Waals surface area contributed by atoms with E-state index in [1.54, 1.807) is 24.4 Å². The molecule has 118 valence electrons. The highest BCUT2D eigenvalue weighted by Crippen LogP contribution is 2.28. The van der Waals surface area contributed by atoms with Crippen molar-refractivity contribution in [3.63, 3.8) is 0 Å². The van der Waals surface area contributed by atoms with Gasteiger partial charge in [0, 0.05) is 33.2 Å². The van der Waals surface area contributed by atoms with Gasteiger partial charge in [0.25, 0.3) is 0 Å². The van der Waals surface area contributed by atoms with E-state index in [-0.39, 0.29) is 5.88 Å². The predicted molar refractivity (Wildman–Crippen MR) is 97.6 cm³/mol. The van der Waals surface area contributed by atoms with Crippen LogP contribution in [-0.2, 0) is 6.42 Å². The summed E-state index contributed by atoms with van der Waals surface area (Å²) in [5, 5.41) is 12.7. The molecule has 0 fully saturated rings. The van der Waals surface area contributed by atoms with E-state index in [4.69, 9.17) is 34.8 Å². The minimum Gasteiger partial charge on any atom is -0.494 e. The quantitative estimate of drug-likeness (QED) is 0.588. The lowest BCUT2D eigenvalue weighted by Gasteiger charge is -2.02. The number of halogens is 3. The Kier molecular flexibility index (Phi) is 4.81. The number of nitrogens with zero attached hydrogens (tertiary/aromatic N) is 1. The van der Waals surface area contributed by atoms with Gasteiger partial charge in [-0.25, -0.2) is 0 Å². The highest BCUT2D eigenvalue weighted by molar-refractivity contribution is 6.35. The highest BCUT2D eigenvalue weighted by Gasteiger charge is 2.08. The summed E-state index contributed by atoms with van der Waals surface area (Å²) < 4.78 is 0. The second-order valence-electron chi connectivity index (χ2n) is 5.10. The molecule has 0 bridgehead atoms. The summed E-state index contributed by atoms with van der Waals surface area (Å²) in [6.07, 6.45) is 2.35. The molecule has 0 atom stereocenters. The monoisotopic (exact) mass is 366 g/mol. The summed E-state index contributed by atoms with van der Waals surface area (Å²) >= 11 is 18.0. The van der Waals surface area contributed by atoms with Crippen LogP contribution in [0.4, 0.5) is 0 Å². The third-order valence-corrected chi connectivity index (χ3v) is 4.35. The molecular formula is C17H13Cl3N2O. The van der Waals surface area contributed by atoms with Crippen LogP contribution in [0.5, 0.6) is 5.88 Å². The van der Waals surface area contributed by atoms with Crippen LogP contribution in [0.2, 0.25) is 15.1 Å². The first-order valence-corrected chi connectivity index (χ1v) is 8.12. The number of aromatic amines is 1. The number of hydrogen-bond donors (Lipinski definition) is 2. The molecule has 0 aliphatic heterocycles. The van der Waals surface area contributed by atoms with Crippen LogP contribution >= 0.6 is 34.8 Å². The van der Waals surface area contributed by atoms with Gasteiger partial charge in [0.15, 0.2) is 5.88 Å². The van der Waals surface area contributed by atoms with Crippen LogP contribution in [0.25, 0.3) is 10.9 Å². The van der Waals surface area contributed by atoms with Crippen molar-refractivity contribution in [2.75, 3.05) is 6.54 Å². The molecule has 0 aliphatic rings. The van der Waals surface area contributed by atoms with E-state index >= 15 is 0 Å². The molecule has 0 amide bonds. The summed E-state index contributed by atoms with van der Waals surface area (Å²) in [7, 11) is 0. The third kappa shape index (κ3) is 3.63. The number of nitrogens with one attached hydrogen (secondary N) is 1. The lowest BCUT2D eigenvalue weighted by atomic mass is 10.1. The van der Waals surface area contributed by atoms with Gasteiger partial charge in [0.05, 0.1) is 11.1 Å². The minimum atomic E-state index is 0.0792. The SMILES string of the molecule is Oc1[nH]c2cc(Cl)ccc2c1C=NCCc1ccc(Cl)cc1Cl. The normalized spacial score (nSPS) is 11.6. The molecule has 0 spiro atoms. The molecule has 1 aromatic heterocycles. The Morgan fingerprint density at radius 2 is 1.78 bits per heavy atom. The number of aromatic nitrogens is 1. The average molecular weight is 368 g/mol. The molecule has 3 rings (SSSR count). The molecule has 1 heterocycles. The van der Waals surface area contributed by atoms with Gasteiger partial charge in [0.2, 0.25) is 0 Å². The van der Waals surface area contributed by atoms with Crippen LogP contribution in [-0.4, -0.2) is 22.8 Å². The zero-order valence-corrected chi connectivity index (χ0v) is 14.3. The second-order valence-corrected chi connectivity index (χ2v) is 6.38.